The Balaban J connectivity index is 1.76. The summed E-state index contributed by atoms with van der Waals surface area (Å²) in [6.07, 6.45) is 3.13. The summed E-state index contributed by atoms with van der Waals surface area (Å²) in [6, 6.07) is 11.4. The second kappa shape index (κ2) is 5.80. The van der Waals surface area contributed by atoms with Gasteiger partial charge in [0, 0.05) is 18.0 Å². The zero-order valence-corrected chi connectivity index (χ0v) is 12.1. The van der Waals surface area contributed by atoms with Crippen LogP contribution in [0.1, 0.15) is 15.9 Å². The molecule has 0 radical (unpaired) electrons. The quantitative estimate of drug-likeness (QED) is 0.806. The molecule has 0 spiro atoms. The van der Waals surface area contributed by atoms with Gasteiger partial charge in [-0.3, -0.25) is 15.1 Å². The van der Waals surface area contributed by atoms with Gasteiger partial charge in [-0.05, 0) is 19.1 Å². The second-order valence-corrected chi connectivity index (χ2v) is 5.45. The highest BCUT2D eigenvalue weighted by atomic mass is 32.1. The molecule has 2 aromatic heterocycles. The van der Waals surface area contributed by atoms with Crippen molar-refractivity contribution in [1.82, 2.24) is 15.2 Å². The molecule has 6 heteroatoms. The fourth-order valence-electron chi connectivity index (χ4n) is 1.75. The van der Waals surface area contributed by atoms with Gasteiger partial charge in [-0.1, -0.05) is 41.2 Å². The van der Waals surface area contributed by atoms with Gasteiger partial charge < -0.3 is 0 Å². The zero-order chi connectivity index (χ0) is 14.7. The van der Waals surface area contributed by atoms with Crippen LogP contribution in [0, 0.1) is 6.92 Å². The standard InChI is InChI=1S/C15H12N4OS/c1-10-4-6-11(7-5-10)14-18-19-15(21-14)17-13(20)12-3-2-8-16-9-12/h2-9H,1H3,(H,17,19,20). The summed E-state index contributed by atoms with van der Waals surface area (Å²) in [5.74, 6) is -0.241. The first kappa shape index (κ1) is 13.4. The van der Waals surface area contributed by atoms with Crippen molar-refractivity contribution in [2.75, 3.05) is 5.32 Å². The SMILES string of the molecule is Cc1ccc(-c2nnc(NC(=O)c3cccnc3)s2)cc1. The van der Waals surface area contributed by atoms with Crippen molar-refractivity contribution in [1.29, 1.82) is 0 Å². The normalized spacial score (nSPS) is 10.3. The van der Waals surface area contributed by atoms with Crippen molar-refractivity contribution >= 4 is 22.4 Å². The highest BCUT2D eigenvalue weighted by Crippen LogP contribution is 2.26. The molecule has 0 saturated carbocycles. The van der Waals surface area contributed by atoms with E-state index in [0.717, 1.165) is 10.6 Å². The predicted octanol–water partition coefficient (Wildman–Crippen LogP) is 3.16. The summed E-state index contributed by atoms with van der Waals surface area (Å²) in [5, 5.41) is 12.1. The number of aryl methyl sites for hydroxylation is 1. The van der Waals surface area contributed by atoms with Crippen molar-refractivity contribution in [2.24, 2.45) is 0 Å². The lowest BCUT2D eigenvalue weighted by molar-refractivity contribution is 0.102. The predicted molar refractivity (Wildman–Crippen MR) is 82.3 cm³/mol. The van der Waals surface area contributed by atoms with Crippen LogP contribution in [0.5, 0.6) is 0 Å². The smallest absolute Gasteiger partial charge is 0.259 e. The van der Waals surface area contributed by atoms with Gasteiger partial charge >= 0.3 is 0 Å². The van der Waals surface area contributed by atoms with Crippen LogP contribution >= 0.6 is 11.3 Å². The lowest BCUT2D eigenvalue weighted by Crippen LogP contribution is -2.11. The van der Waals surface area contributed by atoms with E-state index >= 15 is 0 Å². The van der Waals surface area contributed by atoms with Crippen LogP contribution in [0.3, 0.4) is 0 Å². The Kier molecular flexibility index (Phi) is 3.70. The molecule has 0 fully saturated rings. The Hall–Kier alpha value is -2.60. The van der Waals surface area contributed by atoms with Gasteiger partial charge in [0.05, 0.1) is 5.56 Å². The van der Waals surface area contributed by atoms with Crippen molar-refractivity contribution in [3.05, 3.63) is 59.9 Å². The summed E-state index contributed by atoms with van der Waals surface area (Å²) in [6.45, 7) is 2.03. The molecule has 1 amide bonds. The number of amides is 1. The Morgan fingerprint density at radius 2 is 1.95 bits per heavy atom. The maximum Gasteiger partial charge on any atom is 0.259 e. The third kappa shape index (κ3) is 3.11. The summed E-state index contributed by atoms with van der Waals surface area (Å²) in [7, 11) is 0. The monoisotopic (exact) mass is 296 g/mol. The van der Waals surface area contributed by atoms with Crippen LogP contribution in [-0.2, 0) is 0 Å². The number of carbonyl (C=O) groups excluding carboxylic acids is 1. The molecular weight excluding hydrogens is 284 g/mol. The summed E-state index contributed by atoms with van der Waals surface area (Å²) in [4.78, 5) is 15.9. The maximum atomic E-state index is 12.0. The Morgan fingerprint density at radius 1 is 1.14 bits per heavy atom. The molecule has 3 rings (SSSR count). The van der Waals surface area contributed by atoms with Crippen molar-refractivity contribution in [2.45, 2.75) is 6.92 Å². The molecular formula is C15H12N4OS. The largest absolute Gasteiger partial charge is 0.296 e. The molecule has 3 aromatic rings. The molecule has 0 unspecified atom stereocenters. The van der Waals surface area contributed by atoms with Gasteiger partial charge in [-0.15, -0.1) is 10.2 Å². The summed E-state index contributed by atoms with van der Waals surface area (Å²) in [5.41, 5.74) is 2.66. The lowest BCUT2D eigenvalue weighted by Gasteiger charge is -1.99. The Bertz CT molecular complexity index is 753. The van der Waals surface area contributed by atoms with E-state index in [1.54, 1.807) is 18.3 Å². The van der Waals surface area contributed by atoms with Gasteiger partial charge in [0.15, 0.2) is 0 Å². The fourth-order valence-corrected chi connectivity index (χ4v) is 2.50. The third-order valence-corrected chi connectivity index (χ3v) is 3.76. The van der Waals surface area contributed by atoms with E-state index in [9.17, 15) is 4.79 Å². The van der Waals surface area contributed by atoms with Gasteiger partial charge in [0.25, 0.3) is 5.91 Å². The van der Waals surface area contributed by atoms with Crippen LogP contribution in [0.15, 0.2) is 48.8 Å². The van der Waals surface area contributed by atoms with Crippen molar-refractivity contribution < 1.29 is 4.79 Å². The van der Waals surface area contributed by atoms with Crippen LogP contribution < -0.4 is 5.32 Å². The number of rotatable bonds is 3. The lowest BCUT2D eigenvalue weighted by atomic mass is 10.2. The minimum absolute atomic E-state index is 0.241. The first-order valence-electron chi connectivity index (χ1n) is 6.34. The van der Waals surface area contributed by atoms with Gasteiger partial charge in [-0.25, -0.2) is 0 Å². The molecule has 104 valence electrons. The van der Waals surface area contributed by atoms with Crippen LogP contribution in [0.4, 0.5) is 5.13 Å². The van der Waals surface area contributed by atoms with E-state index in [0.29, 0.717) is 10.7 Å². The molecule has 0 aliphatic rings. The molecule has 21 heavy (non-hydrogen) atoms. The molecule has 0 saturated heterocycles. The van der Waals surface area contributed by atoms with Crippen LogP contribution in [0.2, 0.25) is 0 Å². The molecule has 0 aliphatic heterocycles. The molecule has 0 atom stereocenters. The number of hydrogen-bond donors (Lipinski definition) is 1. The number of nitrogens with zero attached hydrogens (tertiary/aromatic N) is 3. The molecule has 1 N–H and O–H groups in total. The first-order valence-corrected chi connectivity index (χ1v) is 7.16. The number of hydrogen-bond acceptors (Lipinski definition) is 5. The fraction of sp³-hybridized carbons (Fsp3) is 0.0667. The maximum absolute atomic E-state index is 12.0. The number of carbonyl (C=O) groups is 1. The molecule has 0 aliphatic carbocycles. The number of aromatic nitrogens is 3. The number of nitrogens with one attached hydrogen (secondary N) is 1. The van der Waals surface area contributed by atoms with E-state index in [4.69, 9.17) is 0 Å². The highest BCUT2D eigenvalue weighted by Gasteiger charge is 2.11. The zero-order valence-electron chi connectivity index (χ0n) is 11.3. The summed E-state index contributed by atoms with van der Waals surface area (Å²) >= 11 is 1.34. The van der Waals surface area contributed by atoms with Crippen LogP contribution in [-0.4, -0.2) is 21.1 Å². The van der Waals surface area contributed by atoms with Crippen molar-refractivity contribution in [3.63, 3.8) is 0 Å². The summed E-state index contributed by atoms with van der Waals surface area (Å²) < 4.78 is 0. The van der Waals surface area contributed by atoms with E-state index in [-0.39, 0.29) is 5.91 Å². The number of benzene rings is 1. The van der Waals surface area contributed by atoms with E-state index in [2.05, 4.69) is 20.5 Å². The van der Waals surface area contributed by atoms with E-state index < -0.39 is 0 Å². The molecule has 1 aromatic carbocycles. The number of pyridine rings is 1. The van der Waals surface area contributed by atoms with Gasteiger partial charge in [0.1, 0.15) is 5.01 Å². The van der Waals surface area contributed by atoms with Gasteiger partial charge in [0.2, 0.25) is 5.13 Å². The van der Waals surface area contributed by atoms with E-state index in [1.165, 1.54) is 23.1 Å². The highest BCUT2D eigenvalue weighted by molar-refractivity contribution is 7.18. The third-order valence-electron chi connectivity index (χ3n) is 2.87. The molecule has 2 heterocycles. The second-order valence-electron chi connectivity index (χ2n) is 4.47. The first-order chi connectivity index (χ1) is 10.2. The topological polar surface area (TPSA) is 67.8 Å². The van der Waals surface area contributed by atoms with Gasteiger partial charge in [-0.2, -0.15) is 0 Å². The van der Waals surface area contributed by atoms with E-state index in [1.807, 2.05) is 31.2 Å². The van der Waals surface area contributed by atoms with Crippen LogP contribution in [0.25, 0.3) is 10.6 Å². The Morgan fingerprint density at radius 3 is 2.67 bits per heavy atom. The molecule has 0 bridgehead atoms. The molecule has 5 nitrogen and oxygen atoms in total. The van der Waals surface area contributed by atoms with Crippen molar-refractivity contribution in [3.8, 4) is 10.6 Å². The minimum Gasteiger partial charge on any atom is -0.296 e. The average molecular weight is 296 g/mol. The number of anilines is 1. The average Bonchev–Trinajstić information content (AvgIpc) is 2.97. The Labute approximate surface area is 125 Å². The minimum atomic E-state index is -0.241.